The highest BCUT2D eigenvalue weighted by Gasteiger charge is 2.33. The molecule has 0 spiro atoms. The van der Waals surface area contributed by atoms with Crippen LogP contribution < -0.4 is 10.5 Å². The number of rotatable bonds is 2. The zero-order valence-corrected chi connectivity index (χ0v) is 9.40. The van der Waals surface area contributed by atoms with Crippen molar-refractivity contribution in [2.45, 2.75) is 6.18 Å². The lowest BCUT2D eigenvalue weighted by atomic mass is 10.1. The molecule has 0 saturated heterocycles. The molecule has 0 fully saturated rings. The zero-order valence-electron chi connectivity index (χ0n) is 9.40. The molecule has 0 unspecified atom stereocenters. The number of aromatic nitrogens is 2. The molecule has 0 aliphatic heterocycles. The second-order valence-corrected chi connectivity index (χ2v) is 3.70. The second-order valence-electron chi connectivity index (χ2n) is 3.70. The van der Waals surface area contributed by atoms with Crippen molar-refractivity contribution >= 4 is 5.69 Å². The summed E-state index contributed by atoms with van der Waals surface area (Å²) >= 11 is 0. The van der Waals surface area contributed by atoms with Gasteiger partial charge >= 0.3 is 6.18 Å². The fourth-order valence-electron chi connectivity index (χ4n) is 1.43. The average molecular weight is 257 g/mol. The molecule has 0 aliphatic carbocycles. The third-order valence-corrected chi connectivity index (χ3v) is 2.25. The minimum atomic E-state index is -4.50. The van der Waals surface area contributed by atoms with Gasteiger partial charge in [0.2, 0.25) is 0 Å². The summed E-state index contributed by atoms with van der Waals surface area (Å²) in [6.07, 6.45) is -1.55. The normalized spacial score (nSPS) is 11.6. The Morgan fingerprint density at radius 1 is 1.28 bits per heavy atom. The van der Waals surface area contributed by atoms with E-state index in [0.29, 0.717) is 5.75 Å². The first-order valence-corrected chi connectivity index (χ1v) is 4.99. The van der Waals surface area contributed by atoms with E-state index in [1.165, 1.54) is 16.9 Å². The molecule has 2 rings (SSSR count). The van der Waals surface area contributed by atoms with Gasteiger partial charge in [-0.15, -0.1) is 0 Å². The van der Waals surface area contributed by atoms with Crippen molar-refractivity contribution in [2.24, 2.45) is 7.05 Å². The fraction of sp³-hybridized carbons (Fsp3) is 0.182. The lowest BCUT2D eigenvalue weighted by Gasteiger charge is -2.11. The summed E-state index contributed by atoms with van der Waals surface area (Å²) in [4.78, 5) is 0. The van der Waals surface area contributed by atoms with E-state index in [2.05, 4.69) is 5.10 Å². The predicted molar refractivity (Wildman–Crippen MR) is 59.1 cm³/mol. The van der Waals surface area contributed by atoms with E-state index in [-0.39, 0.29) is 11.4 Å². The van der Waals surface area contributed by atoms with Crippen LogP contribution in [0.5, 0.6) is 11.5 Å². The number of benzene rings is 1. The molecule has 4 nitrogen and oxygen atoms in total. The summed E-state index contributed by atoms with van der Waals surface area (Å²) in [7, 11) is 1.68. The van der Waals surface area contributed by atoms with E-state index in [1.54, 1.807) is 13.2 Å². The SMILES string of the molecule is Cn1cc(Oc2ccc(N)c(C(F)(F)F)c2)cn1. The van der Waals surface area contributed by atoms with Crippen LogP contribution in [0.25, 0.3) is 0 Å². The number of hydrogen-bond donors (Lipinski definition) is 1. The molecule has 0 bridgehead atoms. The number of ether oxygens (including phenoxy) is 1. The van der Waals surface area contributed by atoms with Gasteiger partial charge in [-0.2, -0.15) is 18.3 Å². The molecule has 0 aliphatic rings. The Labute approximate surface area is 101 Å². The molecular weight excluding hydrogens is 247 g/mol. The number of hydrogen-bond acceptors (Lipinski definition) is 3. The summed E-state index contributed by atoms with van der Waals surface area (Å²) in [5, 5.41) is 3.85. The van der Waals surface area contributed by atoms with Crippen molar-refractivity contribution in [1.29, 1.82) is 0 Å². The third kappa shape index (κ3) is 2.55. The fourth-order valence-corrected chi connectivity index (χ4v) is 1.43. The molecule has 96 valence electrons. The number of nitrogens with two attached hydrogens (primary N) is 1. The maximum absolute atomic E-state index is 12.6. The van der Waals surface area contributed by atoms with Gasteiger partial charge in [-0.05, 0) is 18.2 Å². The van der Waals surface area contributed by atoms with Crippen LogP contribution in [-0.4, -0.2) is 9.78 Å². The predicted octanol–water partition coefficient (Wildman–Crippen LogP) is 2.81. The maximum atomic E-state index is 12.6. The summed E-state index contributed by atoms with van der Waals surface area (Å²) in [5.41, 5.74) is 4.04. The Bertz CT molecular complexity index is 563. The summed E-state index contributed by atoms with van der Waals surface area (Å²) in [6, 6.07) is 3.40. The van der Waals surface area contributed by atoms with Crippen LogP contribution in [0.4, 0.5) is 18.9 Å². The van der Waals surface area contributed by atoms with Crippen molar-refractivity contribution < 1.29 is 17.9 Å². The topological polar surface area (TPSA) is 53.1 Å². The first kappa shape index (κ1) is 12.3. The molecule has 2 N–H and O–H groups in total. The molecule has 1 aromatic carbocycles. The molecule has 18 heavy (non-hydrogen) atoms. The van der Waals surface area contributed by atoms with Crippen LogP contribution in [0.2, 0.25) is 0 Å². The molecule has 0 saturated carbocycles. The Kier molecular flexibility index (Phi) is 2.90. The highest BCUT2D eigenvalue weighted by atomic mass is 19.4. The smallest absolute Gasteiger partial charge is 0.418 e. The van der Waals surface area contributed by atoms with Crippen molar-refractivity contribution in [1.82, 2.24) is 9.78 Å². The van der Waals surface area contributed by atoms with Gasteiger partial charge in [0.15, 0.2) is 5.75 Å². The van der Waals surface area contributed by atoms with Crippen LogP contribution in [0.1, 0.15) is 5.56 Å². The lowest BCUT2D eigenvalue weighted by molar-refractivity contribution is -0.137. The van der Waals surface area contributed by atoms with Gasteiger partial charge in [-0.25, -0.2) is 0 Å². The Morgan fingerprint density at radius 3 is 2.56 bits per heavy atom. The number of halogens is 3. The zero-order chi connectivity index (χ0) is 13.3. The van der Waals surface area contributed by atoms with Gasteiger partial charge in [0, 0.05) is 12.7 Å². The van der Waals surface area contributed by atoms with E-state index in [0.717, 1.165) is 12.1 Å². The molecule has 1 heterocycles. The van der Waals surface area contributed by atoms with E-state index in [1.807, 2.05) is 0 Å². The van der Waals surface area contributed by atoms with Gasteiger partial charge in [0.25, 0.3) is 0 Å². The van der Waals surface area contributed by atoms with E-state index in [9.17, 15) is 13.2 Å². The number of nitrogen functional groups attached to an aromatic ring is 1. The molecule has 0 radical (unpaired) electrons. The quantitative estimate of drug-likeness (QED) is 0.841. The maximum Gasteiger partial charge on any atom is 0.418 e. The molecule has 0 atom stereocenters. The molecule has 1 aromatic heterocycles. The van der Waals surface area contributed by atoms with E-state index >= 15 is 0 Å². The Hall–Kier alpha value is -2.18. The minimum absolute atomic E-state index is 0.0597. The molecular formula is C11H10F3N3O. The van der Waals surface area contributed by atoms with Crippen LogP contribution in [0.3, 0.4) is 0 Å². The van der Waals surface area contributed by atoms with Crippen molar-refractivity contribution in [3.63, 3.8) is 0 Å². The van der Waals surface area contributed by atoms with Crippen molar-refractivity contribution in [3.05, 3.63) is 36.2 Å². The van der Waals surface area contributed by atoms with Crippen molar-refractivity contribution in [3.8, 4) is 11.5 Å². The van der Waals surface area contributed by atoms with Gasteiger partial charge in [-0.1, -0.05) is 0 Å². The highest BCUT2D eigenvalue weighted by molar-refractivity contribution is 5.52. The Balaban J connectivity index is 2.30. The highest BCUT2D eigenvalue weighted by Crippen LogP contribution is 2.36. The lowest BCUT2D eigenvalue weighted by Crippen LogP contribution is -2.08. The second kappa shape index (κ2) is 4.25. The van der Waals surface area contributed by atoms with Gasteiger partial charge < -0.3 is 10.5 Å². The average Bonchev–Trinajstić information content (AvgIpc) is 2.65. The van der Waals surface area contributed by atoms with Crippen LogP contribution in [-0.2, 0) is 13.2 Å². The first-order chi connectivity index (χ1) is 8.36. The Morgan fingerprint density at radius 2 is 2.00 bits per heavy atom. The number of nitrogens with zero attached hydrogens (tertiary/aromatic N) is 2. The summed E-state index contributed by atoms with van der Waals surface area (Å²) in [6.45, 7) is 0. The molecule has 0 amide bonds. The van der Waals surface area contributed by atoms with E-state index in [4.69, 9.17) is 10.5 Å². The van der Waals surface area contributed by atoms with Gasteiger partial charge in [0.1, 0.15) is 5.75 Å². The molecule has 2 aromatic rings. The van der Waals surface area contributed by atoms with Gasteiger partial charge in [0.05, 0.1) is 18.0 Å². The minimum Gasteiger partial charge on any atom is -0.454 e. The van der Waals surface area contributed by atoms with Crippen LogP contribution >= 0.6 is 0 Å². The van der Waals surface area contributed by atoms with E-state index < -0.39 is 11.7 Å². The van der Waals surface area contributed by atoms with Crippen LogP contribution in [0, 0.1) is 0 Å². The number of alkyl halides is 3. The van der Waals surface area contributed by atoms with Crippen LogP contribution in [0.15, 0.2) is 30.6 Å². The standard InChI is InChI=1S/C11H10F3N3O/c1-17-6-8(5-16-17)18-7-2-3-10(15)9(4-7)11(12,13)14/h2-6H,15H2,1H3. The number of anilines is 1. The van der Waals surface area contributed by atoms with Crippen molar-refractivity contribution in [2.75, 3.05) is 5.73 Å². The third-order valence-electron chi connectivity index (χ3n) is 2.25. The monoisotopic (exact) mass is 257 g/mol. The number of aryl methyl sites for hydroxylation is 1. The van der Waals surface area contributed by atoms with Gasteiger partial charge in [-0.3, -0.25) is 4.68 Å². The first-order valence-electron chi connectivity index (χ1n) is 4.99. The summed E-state index contributed by atoms with van der Waals surface area (Å²) < 4.78 is 44.6. The summed E-state index contributed by atoms with van der Waals surface area (Å²) in [5.74, 6) is 0.417. The largest absolute Gasteiger partial charge is 0.454 e. The molecule has 7 heteroatoms.